The molecule has 188 valence electrons. The van der Waals surface area contributed by atoms with Gasteiger partial charge in [-0.3, -0.25) is 4.72 Å². The van der Waals surface area contributed by atoms with Crippen LogP contribution in [-0.4, -0.2) is 34.2 Å². The molecule has 3 aromatic carbocycles. The van der Waals surface area contributed by atoms with Crippen LogP contribution in [-0.2, 0) is 26.7 Å². The maximum Gasteiger partial charge on any atom is 0.343 e. The Morgan fingerprint density at radius 1 is 1.08 bits per heavy atom. The number of ether oxygens (including phenoxy) is 1. The standard InChI is InChI=1S/C24H23N3O7S2/c1-16-8-10-20(25-35(2,30)31)19(12-16)13-17-9-11-21(27-15-23(28)26-36(27,32)33)22(14-17)34-24(29)18-6-4-3-5-7-18/h3-12,14-15,25-26,28H,13H2,1-2H3. The highest BCUT2D eigenvalue weighted by Crippen LogP contribution is 2.35. The first-order valence-electron chi connectivity index (χ1n) is 10.6. The van der Waals surface area contributed by atoms with Crippen molar-refractivity contribution in [3.63, 3.8) is 0 Å². The summed E-state index contributed by atoms with van der Waals surface area (Å²) in [5.74, 6) is -1.36. The fourth-order valence-electron chi connectivity index (χ4n) is 3.64. The quantitative estimate of drug-likeness (QED) is 0.315. The normalized spacial score (nSPS) is 14.6. The fourth-order valence-corrected chi connectivity index (χ4v) is 5.30. The average molecular weight is 530 g/mol. The predicted octanol–water partition coefficient (Wildman–Crippen LogP) is 3.19. The molecule has 0 unspecified atom stereocenters. The third-order valence-corrected chi connectivity index (χ3v) is 7.03. The summed E-state index contributed by atoms with van der Waals surface area (Å²) in [4.78, 5) is 12.8. The van der Waals surface area contributed by atoms with E-state index in [1.807, 2.05) is 17.7 Å². The minimum Gasteiger partial charge on any atom is -0.493 e. The summed E-state index contributed by atoms with van der Waals surface area (Å²) in [5.41, 5.74) is 2.85. The van der Waals surface area contributed by atoms with Crippen LogP contribution in [0.15, 0.2) is 78.8 Å². The van der Waals surface area contributed by atoms with Crippen LogP contribution in [0.1, 0.15) is 27.0 Å². The minimum atomic E-state index is -4.14. The number of benzene rings is 3. The Morgan fingerprint density at radius 3 is 2.44 bits per heavy atom. The molecule has 0 fully saturated rings. The van der Waals surface area contributed by atoms with Crippen LogP contribution in [0.4, 0.5) is 11.4 Å². The Kier molecular flexibility index (Phi) is 6.65. The monoisotopic (exact) mass is 529 g/mol. The summed E-state index contributed by atoms with van der Waals surface area (Å²) in [6.07, 6.45) is 2.26. The van der Waals surface area contributed by atoms with E-state index >= 15 is 0 Å². The van der Waals surface area contributed by atoms with Gasteiger partial charge in [0.25, 0.3) is 0 Å². The van der Waals surface area contributed by atoms with Crippen molar-refractivity contribution in [3.05, 3.63) is 101 Å². The van der Waals surface area contributed by atoms with Gasteiger partial charge in [-0.1, -0.05) is 42.0 Å². The van der Waals surface area contributed by atoms with E-state index in [4.69, 9.17) is 4.74 Å². The molecule has 0 saturated heterocycles. The summed E-state index contributed by atoms with van der Waals surface area (Å²) < 4.78 is 59.4. The largest absolute Gasteiger partial charge is 0.493 e. The maximum atomic E-state index is 12.8. The second kappa shape index (κ2) is 9.55. The number of rotatable bonds is 7. The van der Waals surface area contributed by atoms with E-state index in [1.165, 1.54) is 12.1 Å². The molecule has 3 N–H and O–H groups in total. The Bertz CT molecular complexity index is 1570. The SMILES string of the molecule is Cc1ccc(NS(C)(=O)=O)c(Cc2ccc(N3C=C(O)NS3(=O)=O)c(OC(=O)c3ccccc3)c2)c1. The lowest BCUT2D eigenvalue weighted by molar-refractivity contribution is 0.0735. The van der Waals surface area contributed by atoms with Crippen LogP contribution in [0.5, 0.6) is 5.75 Å². The Morgan fingerprint density at radius 2 is 1.81 bits per heavy atom. The van der Waals surface area contributed by atoms with Gasteiger partial charge in [-0.05, 0) is 54.8 Å². The highest BCUT2D eigenvalue weighted by molar-refractivity contribution is 7.92. The van der Waals surface area contributed by atoms with Crippen LogP contribution in [0.3, 0.4) is 0 Å². The van der Waals surface area contributed by atoms with E-state index in [1.54, 1.807) is 48.5 Å². The number of aliphatic hydroxyl groups is 1. The summed E-state index contributed by atoms with van der Waals surface area (Å²) >= 11 is 0. The van der Waals surface area contributed by atoms with Gasteiger partial charge in [0.1, 0.15) is 5.69 Å². The zero-order valence-electron chi connectivity index (χ0n) is 19.3. The molecule has 0 bridgehead atoms. The van der Waals surface area contributed by atoms with Crippen molar-refractivity contribution in [1.82, 2.24) is 4.72 Å². The third-order valence-electron chi connectivity index (χ3n) is 5.16. The second-order valence-corrected chi connectivity index (χ2v) is 11.5. The van der Waals surface area contributed by atoms with E-state index in [9.17, 15) is 26.7 Å². The summed E-state index contributed by atoms with van der Waals surface area (Å²) in [6.45, 7) is 1.87. The zero-order valence-corrected chi connectivity index (χ0v) is 20.9. The first kappa shape index (κ1) is 25.1. The Hall–Kier alpha value is -4.03. The number of anilines is 2. The van der Waals surface area contributed by atoms with Crippen LogP contribution >= 0.6 is 0 Å². The molecule has 1 aliphatic rings. The van der Waals surface area contributed by atoms with Gasteiger partial charge in [-0.2, -0.15) is 8.42 Å². The second-order valence-electron chi connectivity index (χ2n) is 8.19. The molecule has 0 saturated carbocycles. The molecular formula is C24H23N3O7S2. The van der Waals surface area contributed by atoms with Crippen molar-refractivity contribution < 1.29 is 31.5 Å². The van der Waals surface area contributed by atoms with Gasteiger partial charge in [0.15, 0.2) is 5.75 Å². The van der Waals surface area contributed by atoms with Crippen molar-refractivity contribution in [2.75, 3.05) is 15.3 Å². The van der Waals surface area contributed by atoms with Gasteiger partial charge in [0, 0.05) is 0 Å². The zero-order chi connectivity index (χ0) is 26.1. The van der Waals surface area contributed by atoms with Gasteiger partial charge in [0.05, 0.1) is 23.7 Å². The first-order valence-corrected chi connectivity index (χ1v) is 13.9. The Labute approximate surface area is 209 Å². The molecule has 36 heavy (non-hydrogen) atoms. The van der Waals surface area contributed by atoms with Crippen molar-refractivity contribution in [1.29, 1.82) is 0 Å². The summed E-state index contributed by atoms with van der Waals surface area (Å²) in [5, 5.41) is 9.71. The van der Waals surface area contributed by atoms with E-state index in [0.717, 1.165) is 22.3 Å². The van der Waals surface area contributed by atoms with Crippen molar-refractivity contribution in [3.8, 4) is 5.75 Å². The predicted molar refractivity (Wildman–Crippen MR) is 136 cm³/mol. The van der Waals surface area contributed by atoms with Gasteiger partial charge >= 0.3 is 16.2 Å². The number of nitrogens with zero attached hydrogens (tertiary/aromatic N) is 1. The molecular weight excluding hydrogens is 506 g/mol. The molecule has 3 aromatic rings. The van der Waals surface area contributed by atoms with E-state index in [0.29, 0.717) is 16.8 Å². The lowest BCUT2D eigenvalue weighted by Crippen LogP contribution is -2.30. The number of hydrogen-bond acceptors (Lipinski definition) is 7. The molecule has 0 amide bonds. The number of hydrogen-bond donors (Lipinski definition) is 3. The number of esters is 1. The maximum absolute atomic E-state index is 12.8. The third kappa shape index (κ3) is 5.78. The van der Waals surface area contributed by atoms with Crippen molar-refractivity contribution >= 4 is 37.6 Å². The van der Waals surface area contributed by atoms with Crippen molar-refractivity contribution in [2.24, 2.45) is 0 Å². The van der Waals surface area contributed by atoms with Crippen LogP contribution in [0.2, 0.25) is 0 Å². The molecule has 0 aromatic heterocycles. The lowest BCUT2D eigenvalue weighted by Gasteiger charge is -2.19. The van der Waals surface area contributed by atoms with Gasteiger partial charge < -0.3 is 9.84 Å². The van der Waals surface area contributed by atoms with Crippen LogP contribution < -0.4 is 18.5 Å². The molecule has 12 heteroatoms. The molecule has 4 rings (SSSR count). The average Bonchev–Trinajstić information content (AvgIpc) is 3.07. The fraction of sp³-hybridized carbons (Fsp3) is 0.125. The topological polar surface area (TPSA) is 142 Å². The molecule has 0 aliphatic carbocycles. The molecule has 0 atom stereocenters. The summed E-state index contributed by atoms with van der Waals surface area (Å²) in [7, 11) is -7.67. The van der Waals surface area contributed by atoms with Gasteiger partial charge in [-0.25, -0.2) is 22.2 Å². The number of sulfonamides is 1. The molecule has 1 heterocycles. The molecule has 1 aliphatic heterocycles. The van der Waals surface area contributed by atoms with E-state index in [-0.39, 0.29) is 23.4 Å². The van der Waals surface area contributed by atoms with Gasteiger partial charge in [0.2, 0.25) is 15.9 Å². The highest BCUT2D eigenvalue weighted by Gasteiger charge is 2.31. The molecule has 0 radical (unpaired) electrons. The number of carbonyl (C=O) groups is 1. The molecule has 10 nitrogen and oxygen atoms in total. The Balaban J connectivity index is 1.76. The number of nitrogens with one attached hydrogen (secondary N) is 2. The summed E-state index contributed by atoms with van der Waals surface area (Å²) in [6, 6.07) is 18.0. The highest BCUT2D eigenvalue weighted by atomic mass is 32.2. The van der Waals surface area contributed by atoms with Gasteiger partial charge in [-0.15, -0.1) is 0 Å². The van der Waals surface area contributed by atoms with E-state index in [2.05, 4.69) is 4.72 Å². The number of carbonyl (C=O) groups excluding carboxylic acids is 1. The van der Waals surface area contributed by atoms with Crippen molar-refractivity contribution in [2.45, 2.75) is 13.3 Å². The number of aryl methyl sites for hydroxylation is 1. The van der Waals surface area contributed by atoms with Crippen LogP contribution in [0.25, 0.3) is 0 Å². The van der Waals surface area contributed by atoms with E-state index < -0.39 is 32.1 Å². The lowest BCUT2D eigenvalue weighted by atomic mass is 10.0. The first-order chi connectivity index (χ1) is 16.9. The minimum absolute atomic E-state index is 0.00157. The molecule has 0 spiro atoms. The number of aliphatic hydroxyl groups excluding tert-OH is 1. The van der Waals surface area contributed by atoms with Crippen LogP contribution in [0, 0.1) is 6.92 Å². The smallest absolute Gasteiger partial charge is 0.343 e.